The molecule has 0 amide bonds. The molecule has 1 fully saturated rings. The Morgan fingerprint density at radius 2 is 2.12 bits per heavy atom. The summed E-state index contributed by atoms with van der Waals surface area (Å²) < 4.78 is 0. The van der Waals surface area contributed by atoms with E-state index in [9.17, 15) is 0 Å². The van der Waals surface area contributed by atoms with Gasteiger partial charge in [0.1, 0.15) is 0 Å². The van der Waals surface area contributed by atoms with Gasteiger partial charge in [-0.1, -0.05) is 26.7 Å². The highest BCUT2D eigenvalue weighted by molar-refractivity contribution is 7.10. The lowest BCUT2D eigenvalue weighted by atomic mass is 9.79. The van der Waals surface area contributed by atoms with E-state index in [4.69, 9.17) is 0 Å². The normalized spacial score (nSPS) is 20.6. The van der Waals surface area contributed by atoms with Gasteiger partial charge >= 0.3 is 0 Å². The van der Waals surface area contributed by atoms with E-state index in [-0.39, 0.29) is 0 Å². The van der Waals surface area contributed by atoms with E-state index >= 15 is 0 Å². The molecule has 0 saturated heterocycles. The minimum Gasteiger partial charge on any atom is -0.309 e. The summed E-state index contributed by atoms with van der Waals surface area (Å²) in [6, 6.07) is 2.84. The zero-order valence-electron chi connectivity index (χ0n) is 11.4. The van der Waals surface area contributed by atoms with Gasteiger partial charge in [-0.2, -0.15) is 0 Å². The van der Waals surface area contributed by atoms with Crippen LogP contribution >= 0.6 is 11.3 Å². The van der Waals surface area contributed by atoms with E-state index in [1.54, 1.807) is 4.88 Å². The summed E-state index contributed by atoms with van der Waals surface area (Å²) in [7, 11) is 0. The van der Waals surface area contributed by atoms with Crippen LogP contribution in [0.15, 0.2) is 11.4 Å². The molecule has 2 rings (SSSR count). The first-order chi connectivity index (χ1) is 8.17. The van der Waals surface area contributed by atoms with Crippen molar-refractivity contribution in [3.8, 4) is 0 Å². The van der Waals surface area contributed by atoms with Crippen LogP contribution < -0.4 is 5.32 Å². The fraction of sp³-hybridized carbons (Fsp3) is 0.733. The standard InChI is InChI=1S/C15H25NS/c1-4-10-16-14(13-12(2)7-11-17-13)15(3)8-5-6-9-15/h7,11,14,16H,4-6,8-10H2,1-3H3. The van der Waals surface area contributed by atoms with E-state index in [0.29, 0.717) is 11.5 Å². The second-order valence-electron chi connectivity index (χ2n) is 5.72. The lowest BCUT2D eigenvalue weighted by Crippen LogP contribution is -2.34. The molecule has 1 heterocycles. The Morgan fingerprint density at radius 3 is 2.65 bits per heavy atom. The summed E-state index contributed by atoms with van der Waals surface area (Å²) in [6.45, 7) is 8.12. The Labute approximate surface area is 110 Å². The van der Waals surface area contributed by atoms with Crippen LogP contribution in [0.5, 0.6) is 0 Å². The first-order valence-corrected chi connectivity index (χ1v) is 7.83. The van der Waals surface area contributed by atoms with Crippen LogP contribution in [0, 0.1) is 12.3 Å². The summed E-state index contributed by atoms with van der Waals surface area (Å²) in [6.07, 6.45) is 6.80. The highest BCUT2D eigenvalue weighted by atomic mass is 32.1. The maximum Gasteiger partial charge on any atom is 0.0472 e. The van der Waals surface area contributed by atoms with E-state index in [1.807, 2.05) is 11.3 Å². The zero-order chi connectivity index (χ0) is 12.3. The number of nitrogens with one attached hydrogen (secondary N) is 1. The van der Waals surface area contributed by atoms with Crippen LogP contribution in [0.25, 0.3) is 0 Å². The molecule has 1 atom stereocenters. The zero-order valence-corrected chi connectivity index (χ0v) is 12.2. The number of aryl methyl sites for hydroxylation is 1. The molecule has 0 aromatic carbocycles. The second kappa shape index (κ2) is 5.53. The highest BCUT2D eigenvalue weighted by Gasteiger charge is 2.38. The second-order valence-corrected chi connectivity index (χ2v) is 6.66. The molecular weight excluding hydrogens is 226 g/mol. The summed E-state index contributed by atoms with van der Waals surface area (Å²) in [5.74, 6) is 0. The molecule has 1 unspecified atom stereocenters. The quantitative estimate of drug-likeness (QED) is 0.801. The van der Waals surface area contributed by atoms with Crippen LogP contribution in [0.2, 0.25) is 0 Å². The fourth-order valence-electron chi connectivity index (χ4n) is 3.10. The Bertz CT molecular complexity index is 350. The minimum atomic E-state index is 0.477. The van der Waals surface area contributed by atoms with Gasteiger partial charge in [-0.05, 0) is 55.2 Å². The van der Waals surface area contributed by atoms with Crippen molar-refractivity contribution >= 4 is 11.3 Å². The molecule has 17 heavy (non-hydrogen) atoms. The van der Waals surface area contributed by atoms with Crippen LogP contribution in [0.4, 0.5) is 0 Å². The third-order valence-electron chi connectivity index (χ3n) is 4.21. The van der Waals surface area contributed by atoms with Gasteiger partial charge in [-0.3, -0.25) is 0 Å². The molecular formula is C15H25NS. The lowest BCUT2D eigenvalue weighted by molar-refractivity contribution is 0.226. The summed E-state index contributed by atoms with van der Waals surface area (Å²) in [5, 5.41) is 6.05. The van der Waals surface area contributed by atoms with Crippen molar-refractivity contribution in [2.45, 2.75) is 58.9 Å². The molecule has 1 aliphatic rings. The van der Waals surface area contributed by atoms with Gasteiger partial charge in [-0.25, -0.2) is 0 Å². The fourth-order valence-corrected chi connectivity index (χ4v) is 4.27. The van der Waals surface area contributed by atoms with Crippen molar-refractivity contribution in [2.24, 2.45) is 5.41 Å². The van der Waals surface area contributed by atoms with Gasteiger partial charge in [0.15, 0.2) is 0 Å². The predicted molar refractivity (Wildman–Crippen MR) is 76.7 cm³/mol. The van der Waals surface area contributed by atoms with E-state index < -0.39 is 0 Å². The Balaban J connectivity index is 2.21. The third-order valence-corrected chi connectivity index (χ3v) is 5.29. The van der Waals surface area contributed by atoms with Gasteiger partial charge in [0.05, 0.1) is 0 Å². The summed E-state index contributed by atoms with van der Waals surface area (Å²) in [5.41, 5.74) is 1.95. The van der Waals surface area contributed by atoms with Crippen molar-refractivity contribution in [3.05, 3.63) is 21.9 Å². The Morgan fingerprint density at radius 1 is 1.41 bits per heavy atom. The first-order valence-electron chi connectivity index (χ1n) is 6.95. The van der Waals surface area contributed by atoms with Gasteiger partial charge in [0.25, 0.3) is 0 Å². The van der Waals surface area contributed by atoms with Crippen LogP contribution in [-0.4, -0.2) is 6.54 Å². The number of hydrogen-bond acceptors (Lipinski definition) is 2. The predicted octanol–water partition coefficient (Wildman–Crippen LogP) is 4.68. The summed E-state index contributed by atoms with van der Waals surface area (Å²) >= 11 is 1.93. The highest BCUT2D eigenvalue weighted by Crippen LogP contribution is 2.48. The van der Waals surface area contributed by atoms with Gasteiger partial charge < -0.3 is 5.32 Å². The number of hydrogen-bond donors (Lipinski definition) is 1. The molecule has 0 bridgehead atoms. The number of thiophene rings is 1. The largest absolute Gasteiger partial charge is 0.309 e. The maximum absolute atomic E-state index is 3.81. The van der Waals surface area contributed by atoms with Gasteiger partial charge in [0, 0.05) is 10.9 Å². The molecule has 1 aliphatic carbocycles. The minimum absolute atomic E-state index is 0.477. The SMILES string of the molecule is CCCNC(c1sccc1C)C1(C)CCCC1. The van der Waals surface area contributed by atoms with Crippen molar-refractivity contribution < 1.29 is 0 Å². The monoisotopic (exact) mass is 251 g/mol. The maximum atomic E-state index is 3.81. The third kappa shape index (κ3) is 2.74. The molecule has 96 valence electrons. The molecule has 1 nitrogen and oxygen atoms in total. The summed E-state index contributed by atoms with van der Waals surface area (Å²) in [4.78, 5) is 1.57. The van der Waals surface area contributed by atoms with Gasteiger partial charge in [-0.15, -0.1) is 11.3 Å². The Kier molecular flexibility index (Phi) is 4.26. The first kappa shape index (κ1) is 13.1. The topological polar surface area (TPSA) is 12.0 Å². The van der Waals surface area contributed by atoms with E-state index in [0.717, 1.165) is 6.54 Å². The van der Waals surface area contributed by atoms with Crippen molar-refractivity contribution in [1.29, 1.82) is 0 Å². The molecule has 1 saturated carbocycles. The van der Waals surface area contributed by atoms with Crippen LogP contribution in [0.1, 0.15) is 62.4 Å². The molecule has 1 aromatic rings. The van der Waals surface area contributed by atoms with E-state index in [2.05, 4.69) is 37.5 Å². The van der Waals surface area contributed by atoms with E-state index in [1.165, 1.54) is 37.7 Å². The van der Waals surface area contributed by atoms with Crippen LogP contribution in [-0.2, 0) is 0 Å². The molecule has 0 aliphatic heterocycles. The van der Waals surface area contributed by atoms with Crippen molar-refractivity contribution in [2.75, 3.05) is 6.54 Å². The molecule has 0 radical (unpaired) electrons. The molecule has 2 heteroatoms. The average molecular weight is 251 g/mol. The van der Waals surface area contributed by atoms with Crippen LogP contribution in [0.3, 0.4) is 0 Å². The Hall–Kier alpha value is -0.340. The molecule has 0 spiro atoms. The average Bonchev–Trinajstić information content (AvgIpc) is 2.90. The smallest absolute Gasteiger partial charge is 0.0472 e. The van der Waals surface area contributed by atoms with Crippen molar-refractivity contribution in [1.82, 2.24) is 5.32 Å². The van der Waals surface area contributed by atoms with Gasteiger partial charge in [0.2, 0.25) is 0 Å². The number of rotatable bonds is 5. The lowest BCUT2D eigenvalue weighted by Gasteiger charge is -2.35. The molecule has 1 aromatic heterocycles. The van der Waals surface area contributed by atoms with Crippen molar-refractivity contribution in [3.63, 3.8) is 0 Å². The molecule has 1 N–H and O–H groups in total.